The van der Waals surface area contributed by atoms with E-state index < -0.39 is 0 Å². The molecule has 0 saturated heterocycles. The van der Waals surface area contributed by atoms with Gasteiger partial charge in [-0.2, -0.15) is 0 Å². The molecule has 0 aliphatic carbocycles. The third-order valence-corrected chi connectivity index (χ3v) is 3.87. The van der Waals surface area contributed by atoms with Gasteiger partial charge in [0.1, 0.15) is 5.82 Å². The predicted octanol–water partition coefficient (Wildman–Crippen LogP) is 4.65. The van der Waals surface area contributed by atoms with Gasteiger partial charge in [-0.25, -0.2) is 4.39 Å². The lowest BCUT2D eigenvalue weighted by atomic mass is 10.2. The van der Waals surface area contributed by atoms with E-state index in [-0.39, 0.29) is 5.82 Å². The summed E-state index contributed by atoms with van der Waals surface area (Å²) < 4.78 is 14.1. The molecule has 0 aliphatic heterocycles. The number of hydrogen-bond acceptors (Lipinski definition) is 2. The molecule has 3 rings (SSSR count). The Bertz CT molecular complexity index is 661. The van der Waals surface area contributed by atoms with Crippen molar-refractivity contribution in [3.05, 3.63) is 65.3 Å². The SMILES string of the molecule is Fc1ccc2cc(CNc3ccccc3)sc2c1. The highest BCUT2D eigenvalue weighted by Gasteiger charge is 2.02. The minimum Gasteiger partial charge on any atom is -0.380 e. The van der Waals surface area contributed by atoms with Crippen LogP contribution in [-0.4, -0.2) is 0 Å². The van der Waals surface area contributed by atoms with Crippen LogP contribution in [0, 0.1) is 5.82 Å². The number of thiophene rings is 1. The number of benzene rings is 2. The first kappa shape index (κ1) is 11.2. The quantitative estimate of drug-likeness (QED) is 0.720. The molecular formula is C15H12FNS. The summed E-state index contributed by atoms with van der Waals surface area (Å²) in [6.45, 7) is 0.769. The Morgan fingerprint density at radius 2 is 1.83 bits per heavy atom. The van der Waals surface area contributed by atoms with Crippen LogP contribution >= 0.6 is 11.3 Å². The van der Waals surface area contributed by atoms with Crippen molar-refractivity contribution in [3.8, 4) is 0 Å². The van der Waals surface area contributed by atoms with Crippen LogP contribution in [0.5, 0.6) is 0 Å². The van der Waals surface area contributed by atoms with Crippen LogP contribution in [0.3, 0.4) is 0 Å². The number of halogens is 1. The Morgan fingerprint density at radius 3 is 2.67 bits per heavy atom. The van der Waals surface area contributed by atoms with Gasteiger partial charge in [-0.15, -0.1) is 11.3 Å². The zero-order valence-electron chi connectivity index (χ0n) is 9.69. The van der Waals surface area contributed by atoms with Gasteiger partial charge in [0.05, 0.1) is 0 Å². The Hall–Kier alpha value is -1.87. The first-order valence-electron chi connectivity index (χ1n) is 5.78. The fraction of sp³-hybridized carbons (Fsp3) is 0.0667. The molecule has 0 atom stereocenters. The highest BCUT2D eigenvalue weighted by molar-refractivity contribution is 7.19. The van der Waals surface area contributed by atoms with Crippen LogP contribution in [-0.2, 0) is 6.54 Å². The molecule has 1 aromatic heterocycles. The average Bonchev–Trinajstić information content (AvgIpc) is 2.79. The van der Waals surface area contributed by atoms with Crippen molar-refractivity contribution in [3.63, 3.8) is 0 Å². The number of fused-ring (bicyclic) bond motifs is 1. The molecular weight excluding hydrogens is 245 g/mol. The van der Waals surface area contributed by atoms with E-state index in [0.29, 0.717) is 0 Å². The van der Waals surface area contributed by atoms with Crippen molar-refractivity contribution in [2.24, 2.45) is 0 Å². The predicted molar refractivity (Wildman–Crippen MR) is 75.6 cm³/mol. The molecule has 2 aromatic carbocycles. The van der Waals surface area contributed by atoms with Gasteiger partial charge in [0, 0.05) is 21.8 Å². The molecule has 0 fully saturated rings. The van der Waals surface area contributed by atoms with Gasteiger partial charge >= 0.3 is 0 Å². The smallest absolute Gasteiger partial charge is 0.124 e. The molecule has 0 amide bonds. The number of para-hydroxylation sites is 1. The molecule has 0 aliphatic rings. The monoisotopic (exact) mass is 257 g/mol. The summed E-state index contributed by atoms with van der Waals surface area (Å²) in [7, 11) is 0. The van der Waals surface area contributed by atoms with E-state index in [2.05, 4.69) is 11.4 Å². The topological polar surface area (TPSA) is 12.0 Å². The summed E-state index contributed by atoms with van der Waals surface area (Å²) >= 11 is 1.63. The lowest BCUT2D eigenvalue weighted by Gasteiger charge is -2.03. The van der Waals surface area contributed by atoms with Crippen LogP contribution in [0.4, 0.5) is 10.1 Å². The maximum atomic E-state index is 13.1. The largest absolute Gasteiger partial charge is 0.380 e. The third-order valence-electron chi connectivity index (χ3n) is 2.77. The average molecular weight is 257 g/mol. The molecule has 0 saturated carbocycles. The second-order valence-corrected chi connectivity index (χ2v) is 5.28. The van der Waals surface area contributed by atoms with Crippen molar-refractivity contribution in [2.75, 3.05) is 5.32 Å². The van der Waals surface area contributed by atoms with Crippen LogP contribution in [0.2, 0.25) is 0 Å². The van der Waals surface area contributed by atoms with E-state index in [1.807, 2.05) is 36.4 Å². The Labute approximate surface area is 109 Å². The van der Waals surface area contributed by atoms with Gasteiger partial charge in [-0.05, 0) is 35.7 Å². The van der Waals surface area contributed by atoms with E-state index in [0.717, 1.165) is 22.3 Å². The molecule has 18 heavy (non-hydrogen) atoms. The minimum absolute atomic E-state index is 0.174. The minimum atomic E-state index is -0.174. The van der Waals surface area contributed by atoms with Gasteiger partial charge in [0.2, 0.25) is 0 Å². The number of hydrogen-bond donors (Lipinski definition) is 1. The van der Waals surface area contributed by atoms with Crippen molar-refractivity contribution in [2.45, 2.75) is 6.54 Å². The van der Waals surface area contributed by atoms with Crippen molar-refractivity contribution < 1.29 is 4.39 Å². The Kier molecular flexibility index (Phi) is 2.99. The highest BCUT2D eigenvalue weighted by Crippen LogP contribution is 2.26. The van der Waals surface area contributed by atoms with E-state index in [1.54, 1.807) is 17.4 Å². The molecule has 0 unspecified atom stereocenters. The van der Waals surface area contributed by atoms with E-state index >= 15 is 0 Å². The number of nitrogens with one attached hydrogen (secondary N) is 1. The van der Waals surface area contributed by atoms with Gasteiger partial charge in [0.15, 0.2) is 0 Å². The van der Waals surface area contributed by atoms with Crippen LogP contribution in [0.15, 0.2) is 54.6 Å². The second-order valence-electron chi connectivity index (χ2n) is 4.11. The fourth-order valence-electron chi connectivity index (χ4n) is 1.89. The summed E-state index contributed by atoms with van der Waals surface area (Å²) in [6.07, 6.45) is 0. The molecule has 1 nitrogen and oxygen atoms in total. The lowest BCUT2D eigenvalue weighted by Crippen LogP contribution is -1.96. The summed E-state index contributed by atoms with van der Waals surface area (Å²) in [5.74, 6) is -0.174. The number of rotatable bonds is 3. The Balaban J connectivity index is 1.79. The normalized spacial score (nSPS) is 10.7. The standard InChI is InChI=1S/C15H12FNS/c16-12-7-6-11-8-14(18-15(11)9-12)10-17-13-4-2-1-3-5-13/h1-9,17H,10H2. The molecule has 1 heterocycles. The van der Waals surface area contributed by atoms with Crippen LogP contribution in [0.25, 0.3) is 10.1 Å². The molecule has 0 bridgehead atoms. The van der Waals surface area contributed by atoms with Crippen LogP contribution < -0.4 is 5.32 Å². The zero-order chi connectivity index (χ0) is 12.4. The second kappa shape index (κ2) is 4.78. The third kappa shape index (κ3) is 2.36. The molecule has 3 aromatic rings. The maximum Gasteiger partial charge on any atom is 0.124 e. The fourth-order valence-corrected chi connectivity index (χ4v) is 2.92. The summed E-state index contributed by atoms with van der Waals surface area (Å²) in [5, 5.41) is 4.46. The van der Waals surface area contributed by atoms with Gasteiger partial charge in [-0.1, -0.05) is 24.3 Å². The van der Waals surface area contributed by atoms with Gasteiger partial charge < -0.3 is 5.32 Å². The van der Waals surface area contributed by atoms with E-state index in [4.69, 9.17) is 0 Å². The Morgan fingerprint density at radius 1 is 1.00 bits per heavy atom. The van der Waals surface area contributed by atoms with Gasteiger partial charge in [0.25, 0.3) is 0 Å². The highest BCUT2D eigenvalue weighted by atomic mass is 32.1. The number of anilines is 1. The molecule has 90 valence electrons. The summed E-state index contributed by atoms with van der Waals surface area (Å²) in [4.78, 5) is 1.21. The molecule has 0 spiro atoms. The molecule has 1 N–H and O–H groups in total. The van der Waals surface area contributed by atoms with E-state index in [1.165, 1.54) is 10.9 Å². The first-order chi connectivity index (χ1) is 8.81. The van der Waals surface area contributed by atoms with E-state index in [9.17, 15) is 4.39 Å². The van der Waals surface area contributed by atoms with Gasteiger partial charge in [-0.3, -0.25) is 0 Å². The van der Waals surface area contributed by atoms with Crippen LogP contribution in [0.1, 0.15) is 4.88 Å². The first-order valence-corrected chi connectivity index (χ1v) is 6.60. The summed E-state index contributed by atoms with van der Waals surface area (Å²) in [5.41, 5.74) is 1.10. The van der Waals surface area contributed by atoms with Crippen molar-refractivity contribution >= 4 is 27.1 Å². The maximum absolute atomic E-state index is 13.1. The zero-order valence-corrected chi connectivity index (χ0v) is 10.5. The molecule has 3 heteroatoms. The van der Waals surface area contributed by atoms with Crippen molar-refractivity contribution in [1.82, 2.24) is 0 Å². The molecule has 0 radical (unpaired) electrons. The summed E-state index contributed by atoms with van der Waals surface area (Å²) in [6, 6.07) is 17.1. The lowest BCUT2D eigenvalue weighted by molar-refractivity contribution is 0.630. The van der Waals surface area contributed by atoms with Crippen molar-refractivity contribution in [1.29, 1.82) is 0 Å².